The predicted octanol–water partition coefficient (Wildman–Crippen LogP) is 6.12. The second kappa shape index (κ2) is 12.8. The molecule has 1 unspecified atom stereocenters. The minimum Gasteiger partial charge on any atom is -0.497 e. The van der Waals surface area contributed by atoms with Crippen molar-refractivity contribution >= 4 is 17.6 Å². The fourth-order valence-electron chi connectivity index (χ4n) is 5.37. The van der Waals surface area contributed by atoms with Crippen molar-refractivity contribution in [3.63, 3.8) is 0 Å². The van der Waals surface area contributed by atoms with Crippen LogP contribution in [0.3, 0.4) is 0 Å². The van der Waals surface area contributed by atoms with Gasteiger partial charge in [-0.25, -0.2) is 0 Å². The molecule has 4 rings (SSSR count). The summed E-state index contributed by atoms with van der Waals surface area (Å²) in [4.78, 5) is 26.7. The summed E-state index contributed by atoms with van der Waals surface area (Å²) in [5.41, 5.74) is 2.83. The summed E-state index contributed by atoms with van der Waals surface area (Å²) >= 11 is 0. The van der Waals surface area contributed by atoms with E-state index in [0.29, 0.717) is 30.6 Å². The van der Waals surface area contributed by atoms with Crippen LogP contribution in [0.2, 0.25) is 0 Å². The van der Waals surface area contributed by atoms with Gasteiger partial charge in [0.1, 0.15) is 11.5 Å². The highest BCUT2D eigenvalue weighted by Gasteiger charge is 2.34. The van der Waals surface area contributed by atoms with Gasteiger partial charge in [-0.3, -0.25) is 9.59 Å². The van der Waals surface area contributed by atoms with Crippen molar-refractivity contribution in [3.8, 4) is 11.5 Å². The smallest absolute Gasteiger partial charge is 0.303 e. The van der Waals surface area contributed by atoms with Crippen LogP contribution < -0.4 is 19.7 Å². The normalized spacial score (nSPS) is 17.0. The first-order valence-electron chi connectivity index (χ1n) is 14.3. The van der Waals surface area contributed by atoms with E-state index in [1.54, 1.807) is 7.11 Å². The largest absolute Gasteiger partial charge is 0.497 e. The third-order valence-corrected chi connectivity index (χ3v) is 7.92. The fraction of sp³-hybridized carbons (Fsp3) is 0.562. The molecule has 1 saturated carbocycles. The second-order valence-corrected chi connectivity index (χ2v) is 12.3. The number of amides is 1. The molecule has 1 amide bonds. The molecular formula is C32H44N2O5. The molecule has 0 aromatic heterocycles. The van der Waals surface area contributed by atoms with Gasteiger partial charge in [0, 0.05) is 25.7 Å². The lowest BCUT2D eigenvalue weighted by molar-refractivity contribution is -0.137. The summed E-state index contributed by atoms with van der Waals surface area (Å²) in [5.74, 6) is 1.72. The zero-order chi connectivity index (χ0) is 28.0. The average molecular weight is 537 g/mol. The standard InChI is InChI=1S/C32H44N2O5/c1-32(2,3)14-15-33-31(37)27-11-10-25(38-4)19-29(27)34-16-12-22(13-17-34)21-39-26-7-5-6-24(18-26)28(20-30(35)36)23-8-9-23/h5-7,10-11,18-19,22-23,28H,8-9,12-17,20-21H2,1-4H3,(H,33,37)(H,35,36). The number of methoxy groups -OCH3 is 1. The van der Waals surface area contributed by atoms with Crippen LogP contribution in [0.15, 0.2) is 42.5 Å². The minimum absolute atomic E-state index is 0.0466. The maximum absolute atomic E-state index is 13.1. The molecule has 1 atom stereocenters. The third-order valence-electron chi connectivity index (χ3n) is 7.92. The van der Waals surface area contributed by atoms with Gasteiger partial charge in [0.15, 0.2) is 0 Å². The SMILES string of the molecule is COc1ccc(C(=O)NCCC(C)(C)C)c(N2CCC(COc3cccc(C(CC(=O)O)C4CC4)c3)CC2)c1. The van der Waals surface area contributed by atoms with E-state index in [1.165, 1.54) is 0 Å². The molecule has 2 N–H and O–H groups in total. The maximum atomic E-state index is 13.1. The van der Waals surface area contributed by atoms with Gasteiger partial charge in [-0.15, -0.1) is 0 Å². The number of carboxylic acids is 1. The number of carbonyl (C=O) groups excluding carboxylic acids is 1. The third kappa shape index (κ3) is 8.38. The van der Waals surface area contributed by atoms with Crippen LogP contribution in [0.25, 0.3) is 0 Å². The number of rotatable bonds is 12. The summed E-state index contributed by atoms with van der Waals surface area (Å²) in [5, 5.41) is 12.4. The molecule has 1 aliphatic carbocycles. The van der Waals surface area contributed by atoms with Gasteiger partial charge in [0.2, 0.25) is 0 Å². The van der Waals surface area contributed by atoms with Gasteiger partial charge in [-0.05, 0) is 85.1 Å². The van der Waals surface area contributed by atoms with Crippen molar-refractivity contribution < 1.29 is 24.2 Å². The van der Waals surface area contributed by atoms with Crippen molar-refractivity contribution in [2.45, 2.75) is 65.2 Å². The van der Waals surface area contributed by atoms with Gasteiger partial charge in [0.25, 0.3) is 5.91 Å². The number of anilines is 1. The number of nitrogens with one attached hydrogen (secondary N) is 1. The lowest BCUT2D eigenvalue weighted by atomic mass is 9.91. The Hall–Kier alpha value is -3.22. The quantitative estimate of drug-likeness (QED) is 0.340. The Morgan fingerprint density at radius 3 is 2.44 bits per heavy atom. The Bertz CT molecular complexity index is 1130. The van der Waals surface area contributed by atoms with Crippen LogP contribution >= 0.6 is 0 Å². The number of hydrogen-bond donors (Lipinski definition) is 2. The molecule has 0 spiro atoms. The summed E-state index contributed by atoms with van der Waals surface area (Å²) in [6.07, 6.45) is 5.23. The number of benzene rings is 2. The van der Waals surface area contributed by atoms with Crippen molar-refractivity contribution in [1.82, 2.24) is 5.32 Å². The Morgan fingerprint density at radius 1 is 1.05 bits per heavy atom. The number of nitrogens with zero attached hydrogens (tertiary/aromatic N) is 1. The molecular weight excluding hydrogens is 492 g/mol. The van der Waals surface area contributed by atoms with E-state index in [1.807, 2.05) is 42.5 Å². The Morgan fingerprint density at radius 2 is 1.79 bits per heavy atom. The molecule has 39 heavy (non-hydrogen) atoms. The van der Waals surface area contributed by atoms with E-state index < -0.39 is 5.97 Å². The lowest BCUT2D eigenvalue weighted by Gasteiger charge is -2.34. The Balaban J connectivity index is 1.34. The molecule has 212 valence electrons. The molecule has 2 fully saturated rings. The first-order valence-corrected chi connectivity index (χ1v) is 14.3. The molecule has 1 heterocycles. The molecule has 1 saturated heterocycles. The Kier molecular flexibility index (Phi) is 9.41. The summed E-state index contributed by atoms with van der Waals surface area (Å²) in [6.45, 7) is 9.47. The number of carboxylic acid groups (broad SMARTS) is 1. The van der Waals surface area contributed by atoms with E-state index >= 15 is 0 Å². The van der Waals surface area contributed by atoms with Gasteiger partial charge >= 0.3 is 5.97 Å². The van der Waals surface area contributed by atoms with E-state index in [9.17, 15) is 14.7 Å². The van der Waals surface area contributed by atoms with Crippen molar-refractivity contribution in [2.75, 3.05) is 38.3 Å². The lowest BCUT2D eigenvalue weighted by Crippen LogP contribution is -2.37. The topological polar surface area (TPSA) is 88.1 Å². The molecule has 2 aromatic rings. The number of carbonyl (C=O) groups is 2. The predicted molar refractivity (Wildman–Crippen MR) is 154 cm³/mol. The first kappa shape index (κ1) is 28.8. The Labute approximate surface area is 232 Å². The first-order chi connectivity index (χ1) is 18.6. The van der Waals surface area contributed by atoms with Crippen molar-refractivity contribution in [1.29, 1.82) is 0 Å². The molecule has 2 aliphatic rings. The van der Waals surface area contributed by atoms with E-state index in [2.05, 4.69) is 31.0 Å². The minimum atomic E-state index is -0.744. The van der Waals surface area contributed by atoms with Crippen LogP contribution in [0.1, 0.15) is 81.1 Å². The van der Waals surface area contributed by atoms with Crippen molar-refractivity contribution in [2.24, 2.45) is 17.3 Å². The van der Waals surface area contributed by atoms with E-state index in [4.69, 9.17) is 9.47 Å². The monoisotopic (exact) mass is 536 g/mol. The van der Waals surface area contributed by atoms with Crippen LogP contribution in [0.5, 0.6) is 11.5 Å². The molecule has 7 heteroatoms. The highest BCUT2D eigenvalue weighted by molar-refractivity contribution is 6.00. The average Bonchev–Trinajstić information content (AvgIpc) is 3.75. The van der Waals surface area contributed by atoms with Crippen LogP contribution in [0, 0.1) is 17.3 Å². The highest BCUT2D eigenvalue weighted by Crippen LogP contribution is 2.45. The van der Waals surface area contributed by atoms with Crippen LogP contribution in [-0.2, 0) is 4.79 Å². The van der Waals surface area contributed by atoms with Crippen LogP contribution in [0.4, 0.5) is 5.69 Å². The van der Waals surface area contributed by atoms with Gasteiger partial charge in [0.05, 0.1) is 31.4 Å². The van der Waals surface area contributed by atoms with Crippen LogP contribution in [-0.4, -0.2) is 50.3 Å². The van der Waals surface area contributed by atoms with Crippen molar-refractivity contribution in [3.05, 3.63) is 53.6 Å². The molecule has 0 bridgehead atoms. The number of hydrogen-bond acceptors (Lipinski definition) is 5. The maximum Gasteiger partial charge on any atom is 0.303 e. The van der Waals surface area contributed by atoms with Gasteiger partial charge in [-0.2, -0.15) is 0 Å². The molecule has 1 aliphatic heterocycles. The highest BCUT2D eigenvalue weighted by atomic mass is 16.5. The summed E-state index contributed by atoms with van der Waals surface area (Å²) in [6, 6.07) is 13.7. The second-order valence-electron chi connectivity index (χ2n) is 12.3. The molecule has 2 aromatic carbocycles. The van der Waals surface area contributed by atoms with Gasteiger partial charge < -0.3 is 24.8 Å². The number of aliphatic carboxylic acids is 1. The van der Waals surface area contributed by atoms with Gasteiger partial charge in [-0.1, -0.05) is 32.9 Å². The zero-order valence-corrected chi connectivity index (χ0v) is 23.9. The summed E-state index contributed by atoms with van der Waals surface area (Å²) in [7, 11) is 1.65. The van der Waals surface area contributed by atoms with E-state index in [0.717, 1.165) is 67.9 Å². The summed E-state index contributed by atoms with van der Waals surface area (Å²) < 4.78 is 11.7. The van der Waals surface area contributed by atoms with E-state index in [-0.39, 0.29) is 23.7 Å². The molecule has 7 nitrogen and oxygen atoms in total. The number of ether oxygens (including phenoxy) is 2. The fourth-order valence-corrected chi connectivity index (χ4v) is 5.37. The zero-order valence-electron chi connectivity index (χ0n) is 23.9. The molecule has 0 radical (unpaired) electrons. The number of piperidine rings is 1.